The van der Waals surface area contributed by atoms with E-state index in [-0.39, 0.29) is 11.7 Å². The van der Waals surface area contributed by atoms with Gasteiger partial charge in [0.15, 0.2) is 5.78 Å². The molecule has 0 heterocycles. The van der Waals surface area contributed by atoms with Gasteiger partial charge >= 0.3 is 0 Å². The van der Waals surface area contributed by atoms with Crippen molar-refractivity contribution in [3.63, 3.8) is 0 Å². The molecule has 0 fully saturated rings. The maximum Gasteiger partial charge on any atom is 0.281 e. The predicted molar refractivity (Wildman–Crippen MR) is 77.3 cm³/mol. The minimum absolute atomic E-state index is 0.0799. The fraction of sp³-hybridized carbons (Fsp3) is 0.188. The monoisotopic (exact) mass is 269 g/mol. The Kier molecular flexibility index (Phi) is 3.94. The predicted octanol–water partition coefficient (Wildman–Crippen LogP) is 2.75. The second-order valence-electron chi connectivity index (χ2n) is 4.52. The van der Waals surface area contributed by atoms with Gasteiger partial charge in [0.2, 0.25) is 0 Å². The minimum atomic E-state index is -0.382. The Bertz CT molecular complexity index is 642. The van der Waals surface area contributed by atoms with Crippen molar-refractivity contribution in [1.82, 2.24) is 0 Å². The lowest BCUT2D eigenvalue weighted by molar-refractivity contribution is -0.110. The van der Waals surface area contributed by atoms with Crippen LogP contribution in [0.3, 0.4) is 0 Å². The molecule has 1 amide bonds. The molecule has 102 valence electrons. The Balaban J connectivity index is 2.40. The second kappa shape index (κ2) is 5.65. The Morgan fingerprint density at radius 3 is 2.30 bits per heavy atom. The Morgan fingerprint density at radius 1 is 1.10 bits per heavy atom. The molecular formula is C16H15NO3. The lowest BCUT2D eigenvalue weighted by atomic mass is 9.97. The van der Waals surface area contributed by atoms with Crippen LogP contribution >= 0.6 is 0 Å². The summed E-state index contributed by atoms with van der Waals surface area (Å²) in [6.07, 6.45) is 2.95. The van der Waals surface area contributed by atoms with Gasteiger partial charge in [0.1, 0.15) is 5.75 Å². The van der Waals surface area contributed by atoms with Gasteiger partial charge in [0.05, 0.1) is 18.4 Å². The van der Waals surface area contributed by atoms with Crippen LogP contribution in [0.4, 0.5) is 0 Å². The van der Waals surface area contributed by atoms with E-state index in [0.717, 1.165) is 0 Å². The lowest BCUT2D eigenvalue weighted by Crippen LogP contribution is -2.13. The number of aliphatic imine (C=N–C) groups is 1. The smallest absolute Gasteiger partial charge is 0.281 e. The highest BCUT2D eigenvalue weighted by Crippen LogP contribution is 2.20. The molecule has 0 saturated carbocycles. The number of methoxy groups -OCH3 is 1. The Hall–Kier alpha value is -2.49. The molecule has 0 aliphatic heterocycles. The van der Waals surface area contributed by atoms with Crippen molar-refractivity contribution >= 4 is 17.4 Å². The number of hydrogen-bond acceptors (Lipinski definition) is 3. The molecule has 4 heteroatoms. The number of para-hydroxylation sites is 1. The van der Waals surface area contributed by atoms with Crippen LogP contribution in [0.2, 0.25) is 0 Å². The fourth-order valence-corrected chi connectivity index (χ4v) is 2.08. The number of rotatable bonds is 2. The summed E-state index contributed by atoms with van der Waals surface area (Å²) in [5.74, 6) is 0.0213. The number of carbonyl (C=O) groups is 2. The highest BCUT2D eigenvalue weighted by molar-refractivity contribution is 6.25. The molecule has 0 N–H and O–H groups in total. The molecule has 4 nitrogen and oxygen atoms in total. The van der Waals surface area contributed by atoms with E-state index in [1.165, 1.54) is 19.3 Å². The molecular weight excluding hydrogens is 254 g/mol. The summed E-state index contributed by atoms with van der Waals surface area (Å²) < 4.78 is 5.15. The average Bonchev–Trinajstić information content (AvgIpc) is 2.42. The molecule has 0 spiro atoms. The SMILES string of the molecule is COc1ccccc1C(=O)N=C1C(C)=CC(=O)C=C1C. The topological polar surface area (TPSA) is 55.7 Å². The van der Waals surface area contributed by atoms with E-state index in [1.54, 1.807) is 38.1 Å². The van der Waals surface area contributed by atoms with Gasteiger partial charge in [-0.1, -0.05) is 12.1 Å². The van der Waals surface area contributed by atoms with Crippen LogP contribution in [-0.4, -0.2) is 24.5 Å². The largest absolute Gasteiger partial charge is 0.496 e. The van der Waals surface area contributed by atoms with Crippen LogP contribution in [0, 0.1) is 0 Å². The molecule has 0 unspecified atom stereocenters. The number of allylic oxidation sites excluding steroid dienone is 4. The molecule has 0 aromatic heterocycles. The van der Waals surface area contributed by atoms with Crippen molar-refractivity contribution in [1.29, 1.82) is 0 Å². The van der Waals surface area contributed by atoms with Crippen molar-refractivity contribution in [3.8, 4) is 5.75 Å². The summed E-state index contributed by atoms with van der Waals surface area (Å²) in [6.45, 7) is 3.53. The standard InChI is InChI=1S/C16H15NO3/c1-10-8-12(18)9-11(2)15(10)17-16(19)13-6-4-5-7-14(13)20-3/h4-9H,1-3H3. The van der Waals surface area contributed by atoms with Crippen LogP contribution in [-0.2, 0) is 4.79 Å². The van der Waals surface area contributed by atoms with Gasteiger partial charge in [0, 0.05) is 0 Å². The van der Waals surface area contributed by atoms with Gasteiger partial charge in [-0.15, -0.1) is 0 Å². The van der Waals surface area contributed by atoms with E-state index in [0.29, 0.717) is 28.2 Å². The first-order valence-electron chi connectivity index (χ1n) is 6.20. The first kappa shape index (κ1) is 13.9. The van der Waals surface area contributed by atoms with E-state index in [4.69, 9.17) is 4.74 Å². The number of amides is 1. The van der Waals surface area contributed by atoms with Crippen molar-refractivity contribution in [2.75, 3.05) is 7.11 Å². The highest BCUT2D eigenvalue weighted by Gasteiger charge is 2.17. The zero-order valence-corrected chi connectivity index (χ0v) is 11.6. The first-order chi connectivity index (χ1) is 9.52. The maximum absolute atomic E-state index is 12.3. The number of ketones is 1. The van der Waals surface area contributed by atoms with Crippen LogP contribution in [0.1, 0.15) is 24.2 Å². The van der Waals surface area contributed by atoms with Gasteiger partial charge in [-0.2, -0.15) is 0 Å². The third-order valence-electron chi connectivity index (χ3n) is 3.02. The molecule has 0 atom stereocenters. The van der Waals surface area contributed by atoms with Gasteiger partial charge in [-0.05, 0) is 49.3 Å². The molecule has 0 radical (unpaired) electrons. The maximum atomic E-state index is 12.3. The van der Waals surface area contributed by atoms with Crippen LogP contribution in [0.25, 0.3) is 0 Å². The summed E-state index contributed by atoms with van der Waals surface area (Å²) in [7, 11) is 1.51. The van der Waals surface area contributed by atoms with E-state index in [9.17, 15) is 9.59 Å². The number of carbonyl (C=O) groups excluding carboxylic acids is 2. The highest BCUT2D eigenvalue weighted by atomic mass is 16.5. The van der Waals surface area contributed by atoms with E-state index >= 15 is 0 Å². The number of ether oxygens (including phenoxy) is 1. The molecule has 0 bridgehead atoms. The molecule has 1 aliphatic carbocycles. The second-order valence-corrected chi connectivity index (χ2v) is 4.52. The third-order valence-corrected chi connectivity index (χ3v) is 3.02. The molecule has 20 heavy (non-hydrogen) atoms. The summed E-state index contributed by atoms with van der Waals surface area (Å²) in [5.41, 5.74) is 2.33. The van der Waals surface area contributed by atoms with Crippen molar-refractivity contribution < 1.29 is 14.3 Å². The summed E-state index contributed by atoms with van der Waals surface area (Å²) in [4.78, 5) is 27.8. The normalized spacial score (nSPS) is 14.6. The van der Waals surface area contributed by atoms with Crippen molar-refractivity contribution in [2.45, 2.75) is 13.8 Å². The van der Waals surface area contributed by atoms with Crippen molar-refractivity contribution in [2.24, 2.45) is 4.99 Å². The number of nitrogens with zero attached hydrogens (tertiary/aromatic N) is 1. The fourth-order valence-electron chi connectivity index (χ4n) is 2.08. The third kappa shape index (κ3) is 2.74. The van der Waals surface area contributed by atoms with E-state index in [2.05, 4.69) is 4.99 Å². The Labute approximate surface area is 117 Å². The van der Waals surface area contributed by atoms with Gasteiger partial charge in [-0.3, -0.25) is 9.59 Å². The van der Waals surface area contributed by atoms with Gasteiger partial charge in [0.25, 0.3) is 5.91 Å². The molecule has 1 aromatic rings. The summed E-state index contributed by atoms with van der Waals surface area (Å²) in [6, 6.07) is 6.92. The quantitative estimate of drug-likeness (QED) is 0.776. The van der Waals surface area contributed by atoms with E-state index in [1.807, 2.05) is 0 Å². The Morgan fingerprint density at radius 2 is 1.70 bits per heavy atom. The zero-order valence-electron chi connectivity index (χ0n) is 11.6. The van der Waals surface area contributed by atoms with Crippen LogP contribution in [0.15, 0.2) is 52.6 Å². The van der Waals surface area contributed by atoms with Crippen molar-refractivity contribution in [3.05, 3.63) is 53.1 Å². The average molecular weight is 269 g/mol. The molecule has 2 rings (SSSR count). The van der Waals surface area contributed by atoms with Crippen LogP contribution in [0.5, 0.6) is 5.75 Å². The molecule has 0 saturated heterocycles. The minimum Gasteiger partial charge on any atom is -0.496 e. The summed E-state index contributed by atoms with van der Waals surface area (Å²) in [5, 5.41) is 0. The van der Waals surface area contributed by atoms with Gasteiger partial charge < -0.3 is 4.74 Å². The van der Waals surface area contributed by atoms with Gasteiger partial charge in [-0.25, -0.2) is 4.99 Å². The van der Waals surface area contributed by atoms with E-state index < -0.39 is 0 Å². The number of hydrogen-bond donors (Lipinski definition) is 0. The number of benzene rings is 1. The summed E-state index contributed by atoms with van der Waals surface area (Å²) >= 11 is 0. The lowest BCUT2D eigenvalue weighted by Gasteiger charge is -2.11. The molecule has 1 aromatic carbocycles. The molecule has 1 aliphatic rings. The van der Waals surface area contributed by atoms with Crippen LogP contribution < -0.4 is 4.74 Å². The first-order valence-corrected chi connectivity index (χ1v) is 6.20. The zero-order chi connectivity index (χ0) is 14.7.